The highest BCUT2D eigenvalue weighted by atomic mass is 79.9. The Morgan fingerprint density at radius 1 is 1.32 bits per heavy atom. The predicted octanol–water partition coefficient (Wildman–Crippen LogP) is 3.67. The number of hydrogen-bond donors (Lipinski definition) is 0. The van der Waals surface area contributed by atoms with E-state index in [-0.39, 0.29) is 5.97 Å². The highest BCUT2D eigenvalue weighted by Crippen LogP contribution is 2.37. The topological polar surface area (TPSA) is 44.8 Å². The zero-order valence-corrected chi connectivity index (χ0v) is 12.7. The number of hydrogen-bond acceptors (Lipinski definition) is 4. The second-order valence-corrected chi connectivity index (χ2v) is 5.46. The molecule has 0 heterocycles. The van der Waals surface area contributed by atoms with Gasteiger partial charge in [-0.15, -0.1) is 0 Å². The smallest absolute Gasteiger partial charge is 0.305 e. The maximum atomic E-state index is 11.2. The zero-order valence-electron chi connectivity index (χ0n) is 11.1. The Labute approximate surface area is 121 Å². The molecule has 0 spiro atoms. The van der Waals surface area contributed by atoms with Crippen molar-refractivity contribution < 1.29 is 19.0 Å². The van der Waals surface area contributed by atoms with Gasteiger partial charge in [-0.3, -0.25) is 4.79 Å². The van der Waals surface area contributed by atoms with Crippen LogP contribution in [0.4, 0.5) is 0 Å². The third-order valence-corrected chi connectivity index (χ3v) is 3.74. The van der Waals surface area contributed by atoms with Crippen molar-refractivity contribution in [1.29, 1.82) is 0 Å². The fourth-order valence-electron chi connectivity index (χ4n) is 2.33. The van der Waals surface area contributed by atoms with E-state index >= 15 is 0 Å². The van der Waals surface area contributed by atoms with Crippen LogP contribution in [-0.4, -0.2) is 18.9 Å². The van der Waals surface area contributed by atoms with E-state index < -0.39 is 5.79 Å². The van der Waals surface area contributed by atoms with Crippen molar-refractivity contribution in [2.45, 2.75) is 38.4 Å². The zero-order chi connectivity index (χ0) is 13.9. The van der Waals surface area contributed by atoms with Gasteiger partial charge in [0.1, 0.15) is 11.5 Å². The fraction of sp³-hybridized carbons (Fsp3) is 0.500. The second-order valence-electron chi connectivity index (χ2n) is 4.61. The van der Waals surface area contributed by atoms with Crippen LogP contribution in [0.1, 0.15) is 32.6 Å². The molecule has 1 aliphatic rings. The number of benzene rings is 1. The van der Waals surface area contributed by atoms with Crippen molar-refractivity contribution in [3.8, 4) is 11.5 Å². The van der Waals surface area contributed by atoms with Crippen LogP contribution in [0.2, 0.25) is 0 Å². The standard InChI is InChI=1S/C14H17BrO4/c1-10(16)18-14(7-3-4-8-14)19-11-5-6-13(17-2)12(15)9-11/h5-6,9H,3-4,7-8H2,1-2H3. The Morgan fingerprint density at radius 3 is 2.53 bits per heavy atom. The van der Waals surface area contributed by atoms with E-state index in [1.807, 2.05) is 18.2 Å². The molecule has 2 rings (SSSR count). The highest BCUT2D eigenvalue weighted by Gasteiger charge is 2.39. The van der Waals surface area contributed by atoms with Crippen molar-refractivity contribution in [2.24, 2.45) is 0 Å². The highest BCUT2D eigenvalue weighted by molar-refractivity contribution is 9.10. The minimum absolute atomic E-state index is 0.311. The van der Waals surface area contributed by atoms with E-state index in [4.69, 9.17) is 14.2 Å². The molecule has 104 valence electrons. The van der Waals surface area contributed by atoms with Crippen LogP contribution in [0.15, 0.2) is 22.7 Å². The maximum Gasteiger partial charge on any atom is 0.305 e. The Hall–Kier alpha value is -1.23. The fourth-order valence-corrected chi connectivity index (χ4v) is 2.85. The quantitative estimate of drug-likeness (QED) is 0.624. The molecule has 1 aromatic carbocycles. The summed E-state index contributed by atoms with van der Waals surface area (Å²) in [5, 5.41) is 0. The molecule has 0 atom stereocenters. The van der Waals surface area contributed by atoms with Crippen LogP contribution in [0, 0.1) is 0 Å². The molecule has 0 unspecified atom stereocenters. The molecule has 0 bridgehead atoms. The van der Waals surface area contributed by atoms with Crippen LogP contribution >= 0.6 is 15.9 Å². The summed E-state index contributed by atoms with van der Waals surface area (Å²) in [5.41, 5.74) is 0. The lowest BCUT2D eigenvalue weighted by Crippen LogP contribution is -2.37. The lowest BCUT2D eigenvalue weighted by molar-refractivity contribution is -0.193. The van der Waals surface area contributed by atoms with Gasteiger partial charge in [0.25, 0.3) is 5.79 Å². The summed E-state index contributed by atoms with van der Waals surface area (Å²) in [6.07, 6.45) is 3.47. The first-order valence-electron chi connectivity index (χ1n) is 6.27. The molecule has 4 nitrogen and oxygen atoms in total. The van der Waals surface area contributed by atoms with Crippen molar-refractivity contribution in [3.05, 3.63) is 22.7 Å². The van der Waals surface area contributed by atoms with Crippen LogP contribution in [0.5, 0.6) is 11.5 Å². The number of esters is 1. The molecule has 1 fully saturated rings. The van der Waals surface area contributed by atoms with E-state index in [0.29, 0.717) is 5.75 Å². The summed E-state index contributed by atoms with van der Waals surface area (Å²) in [6.45, 7) is 1.41. The summed E-state index contributed by atoms with van der Waals surface area (Å²) < 4.78 is 17.3. The van der Waals surface area contributed by atoms with Gasteiger partial charge in [-0.2, -0.15) is 0 Å². The molecule has 0 N–H and O–H groups in total. The van der Waals surface area contributed by atoms with Gasteiger partial charge in [0.2, 0.25) is 0 Å². The number of carbonyl (C=O) groups is 1. The number of ether oxygens (including phenoxy) is 3. The van der Waals surface area contributed by atoms with Gasteiger partial charge in [0, 0.05) is 19.8 Å². The van der Waals surface area contributed by atoms with Crippen LogP contribution in [0.3, 0.4) is 0 Å². The van der Waals surface area contributed by atoms with E-state index in [2.05, 4.69) is 15.9 Å². The summed E-state index contributed by atoms with van der Waals surface area (Å²) in [4.78, 5) is 11.2. The van der Waals surface area contributed by atoms with E-state index in [1.54, 1.807) is 7.11 Å². The average Bonchev–Trinajstić information content (AvgIpc) is 2.76. The Kier molecular flexibility index (Phi) is 4.34. The van der Waals surface area contributed by atoms with E-state index in [9.17, 15) is 4.79 Å². The number of rotatable bonds is 4. The number of carbonyl (C=O) groups excluding carboxylic acids is 1. The average molecular weight is 329 g/mol. The van der Waals surface area contributed by atoms with Crippen molar-refractivity contribution >= 4 is 21.9 Å². The van der Waals surface area contributed by atoms with E-state index in [0.717, 1.165) is 35.9 Å². The largest absolute Gasteiger partial charge is 0.496 e. The molecule has 0 aromatic heterocycles. The minimum atomic E-state index is -0.806. The molecule has 19 heavy (non-hydrogen) atoms. The molecule has 5 heteroatoms. The monoisotopic (exact) mass is 328 g/mol. The van der Waals surface area contributed by atoms with Crippen LogP contribution in [0.25, 0.3) is 0 Å². The SMILES string of the molecule is COc1ccc(OC2(OC(C)=O)CCCC2)cc1Br. The van der Waals surface area contributed by atoms with Crippen molar-refractivity contribution in [1.82, 2.24) is 0 Å². The lowest BCUT2D eigenvalue weighted by Gasteiger charge is -2.29. The normalized spacial score (nSPS) is 17.0. The van der Waals surface area contributed by atoms with Gasteiger partial charge < -0.3 is 14.2 Å². The van der Waals surface area contributed by atoms with Crippen molar-refractivity contribution in [2.75, 3.05) is 7.11 Å². The third-order valence-electron chi connectivity index (χ3n) is 3.12. The summed E-state index contributed by atoms with van der Waals surface area (Å²) in [7, 11) is 1.61. The molecule has 1 aliphatic carbocycles. The molecule has 1 saturated carbocycles. The molecule has 0 radical (unpaired) electrons. The Morgan fingerprint density at radius 2 is 2.00 bits per heavy atom. The number of halogens is 1. The van der Waals surface area contributed by atoms with Gasteiger partial charge in [0.15, 0.2) is 0 Å². The first kappa shape index (κ1) is 14.2. The molecular formula is C14H17BrO4. The predicted molar refractivity (Wildman–Crippen MR) is 74.3 cm³/mol. The maximum absolute atomic E-state index is 11.2. The third kappa shape index (κ3) is 3.41. The minimum Gasteiger partial charge on any atom is -0.496 e. The first-order chi connectivity index (χ1) is 9.04. The molecule has 0 saturated heterocycles. The van der Waals surface area contributed by atoms with Crippen molar-refractivity contribution in [3.63, 3.8) is 0 Å². The van der Waals surface area contributed by atoms with Gasteiger partial charge >= 0.3 is 5.97 Å². The second kappa shape index (κ2) is 5.82. The van der Waals surface area contributed by atoms with Gasteiger partial charge in [-0.1, -0.05) is 0 Å². The number of methoxy groups -OCH3 is 1. The Balaban J connectivity index is 2.17. The molecular weight excluding hydrogens is 312 g/mol. The van der Waals surface area contributed by atoms with Gasteiger partial charge in [0.05, 0.1) is 11.6 Å². The van der Waals surface area contributed by atoms with Crippen LogP contribution in [-0.2, 0) is 9.53 Å². The molecule has 0 amide bonds. The summed E-state index contributed by atoms with van der Waals surface area (Å²) in [6, 6.07) is 5.45. The van der Waals surface area contributed by atoms with E-state index in [1.165, 1.54) is 6.92 Å². The molecule has 0 aliphatic heterocycles. The van der Waals surface area contributed by atoms with Gasteiger partial charge in [-0.05, 0) is 47.0 Å². The van der Waals surface area contributed by atoms with Gasteiger partial charge in [-0.25, -0.2) is 0 Å². The first-order valence-corrected chi connectivity index (χ1v) is 7.06. The molecule has 1 aromatic rings. The lowest BCUT2D eigenvalue weighted by atomic mass is 10.2. The Bertz CT molecular complexity index is 467. The summed E-state index contributed by atoms with van der Waals surface area (Å²) >= 11 is 3.41. The summed E-state index contributed by atoms with van der Waals surface area (Å²) in [5.74, 6) is 0.283. The van der Waals surface area contributed by atoms with Crippen LogP contribution < -0.4 is 9.47 Å².